The number of rotatable bonds is 9. The first kappa shape index (κ1) is 20.7. The number of hydrogen-bond donors (Lipinski definition) is 2. The SMILES string of the molecule is Cl.O=[N+]([O-])c1ccc(OCC(O)CN(CCO)c2ccccc2)cc1. The number of aliphatic hydroxyl groups excluding tert-OH is 2. The molecule has 2 aromatic carbocycles. The third-order valence-corrected chi connectivity index (χ3v) is 3.41. The van der Waals surface area contributed by atoms with E-state index in [0.717, 1.165) is 5.69 Å². The van der Waals surface area contributed by atoms with Crippen molar-refractivity contribution in [2.75, 3.05) is 31.2 Å². The van der Waals surface area contributed by atoms with Crippen LogP contribution in [-0.4, -0.2) is 47.5 Å². The van der Waals surface area contributed by atoms with Gasteiger partial charge in [-0.1, -0.05) is 18.2 Å². The fourth-order valence-corrected chi connectivity index (χ4v) is 2.25. The average Bonchev–Trinajstić information content (AvgIpc) is 2.60. The Morgan fingerprint density at radius 1 is 1.12 bits per heavy atom. The van der Waals surface area contributed by atoms with Gasteiger partial charge < -0.3 is 19.8 Å². The van der Waals surface area contributed by atoms with Crippen LogP contribution in [0.1, 0.15) is 0 Å². The van der Waals surface area contributed by atoms with E-state index < -0.39 is 11.0 Å². The van der Waals surface area contributed by atoms with Crippen molar-refractivity contribution in [3.8, 4) is 5.75 Å². The van der Waals surface area contributed by atoms with Gasteiger partial charge >= 0.3 is 0 Å². The highest BCUT2D eigenvalue weighted by Gasteiger charge is 2.13. The zero-order chi connectivity index (χ0) is 17.4. The van der Waals surface area contributed by atoms with Gasteiger partial charge in [0.15, 0.2) is 0 Å². The molecule has 2 rings (SSSR count). The summed E-state index contributed by atoms with van der Waals surface area (Å²) in [6, 6.07) is 15.2. The van der Waals surface area contributed by atoms with Crippen LogP contribution in [0.25, 0.3) is 0 Å². The molecule has 25 heavy (non-hydrogen) atoms. The predicted octanol–water partition coefficient (Wildman–Crippen LogP) is 2.26. The molecule has 1 unspecified atom stereocenters. The Hall–Kier alpha value is -2.35. The lowest BCUT2D eigenvalue weighted by Crippen LogP contribution is -2.37. The molecular weight excluding hydrogens is 348 g/mol. The number of non-ortho nitro benzene ring substituents is 1. The molecule has 0 aliphatic rings. The topological polar surface area (TPSA) is 96.1 Å². The summed E-state index contributed by atoms with van der Waals surface area (Å²) in [5.41, 5.74) is 0.891. The Morgan fingerprint density at radius 3 is 2.32 bits per heavy atom. The van der Waals surface area contributed by atoms with E-state index in [-0.39, 0.29) is 31.3 Å². The molecule has 0 amide bonds. The summed E-state index contributed by atoms with van der Waals surface area (Å²) in [5, 5.41) is 29.9. The van der Waals surface area contributed by atoms with Crippen molar-refractivity contribution in [1.29, 1.82) is 0 Å². The van der Waals surface area contributed by atoms with Gasteiger partial charge in [-0.2, -0.15) is 0 Å². The van der Waals surface area contributed by atoms with Gasteiger partial charge in [0.25, 0.3) is 5.69 Å². The number of nitro groups is 1. The van der Waals surface area contributed by atoms with Gasteiger partial charge in [0.2, 0.25) is 0 Å². The summed E-state index contributed by atoms with van der Waals surface area (Å²) >= 11 is 0. The largest absolute Gasteiger partial charge is 0.491 e. The lowest BCUT2D eigenvalue weighted by molar-refractivity contribution is -0.384. The van der Waals surface area contributed by atoms with Crippen LogP contribution in [0.4, 0.5) is 11.4 Å². The van der Waals surface area contributed by atoms with E-state index in [1.165, 1.54) is 24.3 Å². The normalized spacial score (nSPS) is 11.3. The molecule has 0 saturated heterocycles. The van der Waals surface area contributed by atoms with Crippen molar-refractivity contribution >= 4 is 23.8 Å². The molecule has 136 valence electrons. The Kier molecular flexibility index (Phi) is 8.69. The summed E-state index contributed by atoms with van der Waals surface area (Å²) < 4.78 is 5.46. The van der Waals surface area contributed by atoms with E-state index in [0.29, 0.717) is 18.8 Å². The molecule has 0 heterocycles. The lowest BCUT2D eigenvalue weighted by Gasteiger charge is -2.26. The van der Waals surface area contributed by atoms with E-state index >= 15 is 0 Å². The summed E-state index contributed by atoms with van der Waals surface area (Å²) in [5.74, 6) is 0.452. The second-order valence-electron chi connectivity index (χ2n) is 5.22. The summed E-state index contributed by atoms with van der Waals surface area (Å²) in [6.07, 6.45) is -0.771. The van der Waals surface area contributed by atoms with Crippen LogP contribution in [0.2, 0.25) is 0 Å². The number of nitrogens with zero attached hydrogens (tertiary/aromatic N) is 2. The minimum atomic E-state index is -0.771. The van der Waals surface area contributed by atoms with Gasteiger partial charge in [-0.15, -0.1) is 12.4 Å². The molecule has 0 bridgehead atoms. The van der Waals surface area contributed by atoms with Crippen molar-refractivity contribution in [3.05, 3.63) is 64.7 Å². The smallest absolute Gasteiger partial charge is 0.269 e. The van der Waals surface area contributed by atoms with Crippen molar-refractivity contribution in [2.45, 2.75) is 6.10 Å². The maximum Gasteiger partial charge on any atom is 0.269 e. The molecule has 2 aromatic rings. The second kappa shape index (κ2) is 10.5. The Balaban J connectivity index is 0.00000312. The minimum Gasteiger partial charge on any atom is -0.491 e. The van der Waals surface area contributed by atoms with E-state index in [4.69, 9.17) is 4.74 Å². The Morgan fingerprint density at radius 2 is 1.76 bits per heavy atom. The fourth-order valence-electron chi connectivity index (χ4n) is 2.25. The molecular formula is C17H21ClN2O5. The number of aliphatic hydroxyl groups is 2. The molecule has 0 saturated carbocycles. The first-order chi connectivity index (χ1) is 11.6. The number of benzene rings is 2. The van der Waals surface area contributed by atoms with Crippen LogP contribution in [-0.2, 0) is 0 Å². The summed E-state index contributed by atoms with van der Waals surface area (Å²) in [6.45, 7) is 0.730. The highest BCUT2D eigenvalue weighted by molar-refractivity contribution is 5.85. The zero-order valence-electron chi connectivity index (χ0n) is 13.5. The first-order valence-electron chi connectivity index (χ1n) is 7.56. The number of halogens is 1. The zero-order valence-corrected chi connectivity index (χ0v) is 14.3. The molecule has 2 N–H and O–H groups in total. The van der Waals surface area contributed by atoms with Crippen LogP contribution in [0.3, 0.4) is 0 Å². The van der Waals surface area contributed by atoms with Crippen molar-refractivity contribution < 1.29 is 19.9 Å². The molecule has 8 heteroatoms. The van der Waals surface area contributed by atoms with Crippen LogP contribution in [0, 0.1) is 10.1 Å². The number of ether oxygens (including phenoxy) is 1. The minimum absolute atomic E-state index is 0. The standard InChI is InChI=1S/C17H20N2O5.ClH/c20-11-10-18(14-4-2-1-3-5-14)12-16(21)13-24-17-8-6-15(7-9-17)19(22)23;/h1-9,16,20-21H,10-13H2;1H. The van der Waals surface area contributed by atoms with Gasteiger partial charge in [0.1, 0.15) is 18.5 Å². The van der Waals surface area contributed by atoms with Gasteiger partial charge in [0.05, 0.1) is 11.5 Å². The molecule has 0 radical (unpaired) electrons. The Bertz CT molecular complexity index is 639. The Labute approximate surface area is 152 Å². The highest BCUT2D eigenvalue weighted by Crippen LogP contribution is 2.18. The fraction of sp³-hybridized carbons (Fsp3) is 0.294. The van der Waals surface area contributed by atoms with E-state index in [2.05, 4.69) is 0 Å². The monoisotopic (exact) mass is 368 g/mol. The number of nitro benzene ring substituents is 1. The maximum atomic E-state index is 10.6. The number of hydrogen-bond acceptors (Lipinski definition) is 6. The van der Waals surface area contributed by atoms with Crippen LogP contribution < -0.4 is 9.64 Å². The van der Waals surface area contributed by atoms with Gasteiger partial charge in [-0.3, -0.25) is 10.1 Å². The maximum absolute atomic E-state index is 10.6. The quantitative estimate of drug-likeness (QED) is 0.520. The van der Waals surface area contributed by atoms with Gasteiger partial charge in [0, 0.05) is 30.9 Å². The number of anilines is 1. The predicted molar refractivity (Wildman–Crippen MR) is 97.6 cm³/mol. The van der Waals surface area contributed by atoms with Crippen LogP contribution in [0.15, 0.2) is 54.6 Å². The molecule has 0 aliphatic heterocycles. The van der Waals surface area contributed by atoms with Crippen molar-refractivity contribution in [3.63, 3.8) is 0 Å². The molecule has 0 fully saturated rings. The third-order valence-electron chi connectivity index (χ3n) is 3.41. The highest BCUT2D eigenvalue weighted by atomic mass is 35.5. The molecule has 0 aromatic heterocycles. The van der Waals surface area contributed by atoms with Crippen LogP contribution in [0.5, 0.6) is 5.75 Å². The van der Waals surface area contributed by atoms with Gasteiger partial charge in [-0.25, -0.2) is 0 Å². The molecule has 0 spiro atoms. The van der Waals surface area contributed by atoms with Crippen LogP contribution >= 0.6 is 12.4 Å². The second-order valence-corrected chi connectivity index (χ2v) is 5.22. The molecule has 0 aliphatic carbocycles. The molecule has 1 atom stereocenters. The van der Waals surface area contributed by atoms with E-state index in [9.17, 15) is 20.3 Å². The first-order valence-corrected chi connectivity index (χ1v) is 7.56. The summed E-state index contributed by atoms with van der Waals surface area (Å²) in [4.78, 5) is 12.0. The van der Waals surface area contributed by atoms with Gasteiger partial charge in [-0.05, 0) is 24.3 Å². The molecule has 7 nitrogen and oxygen atoms in total. The van der Waals surface area contributed by atoms with E-state index in [1.54, 1.807) is 0 Å². The lowest BCUT2D eigenvalue weighted by atomic mass is 10.2. The van der Waals surface area contributed by atoms with Crippen molar-refractivity contribution in [1.82, 2.24) is 0 Å². The van der Waals surface area contributed by atoms with Crippen molar-refractivity contribution in [2.24, 2.45) is 0 Å². The number of para-hydroxylation sites is 1. The average molecular weight is 369 g/mol. The third kappa shape index (κ3) is 6.58. The van der Waals surface area contributed by atoms with E-state index in [1.807, 2.05) is 35.2 Å². The summed E-state index contributed by atoms with van der Waals surface area (Å²) in [7, 11) is 0.